The van der Waals surface area contributed by atoms with Crippen LogP contribution in [0.3, 0.4) is 0 Å². The molecule has 0 bridgehead atoms. The number of aromatic amines is 1. The number of carboxylic acid groups (broad SMARTS) is 1. The van der Waals surface area contributed by atoms with Crippen LogP contribution in [0, 0.1) is 0 Å². The van der Waals surface area contributed by atoms with Crippen molar-refractivity contribution in [3.8, 4) is 11.1 Å². The first-order valence-corrected chi connectivity index (χ1v) is 15.2. The summed E-state index contributed by atoms with van der Waals surface area (Å²) in [6.07, 6.45) is 0.975. The molecule has 0 amide bonds. The Bertz CT molecular complexity index is 1520. The lowest BCUT2D eigenvalue weighted by Gasteiger charge is -2.23. The Morgan fingerprint density at radius 2 is 1.66 bits per heavy atom. The second-order valence-corrected chi connectivity index (χ2v) is 13.4. The molecule has 1 saturated carbocycles. The van der Waals surface area contributed by atoms with Crippen LogP contribution in [0.2, 0.25) is 0 Å². The normalized spacial score (nSPS) is 18.4. The van der Waals surface area contributed by atoms with E-state index < -0.39 is 32.0 Å². The van der Waals surface area contributed by atoms with Crippen LogP contribution in [0.15, 0.2) is 47.5 Å². The van der Waals surface area contributed by atoms with Gasteiger partial charge in [-0.3, -0.25) is 0 Å². The lowest BCUT2D eigenvalue weighted by molar-refractivity contribution is -0.192. The zero-order valence-corrected chi connectivity index (χ0v) is 21.7. The molecular weight excluding hydrogens is 547 g/mol. The molecule has 2 aromatic heterocycles. The van der Waals surface area contributed by atoms with Crippen molar-refractivity contribution in [1.29, 1.82) is 0 Å². The molecule has 5 rings (SSSR count). The van der Waals surface area contributed by atoms with Crippen molar-refractivity contribution < 1.29 is 39.9 Å². The maximum atomic E-state index is 12.8. The van der Waals surface area contributed by atoms with Gasteiger partial charge in [0.1, 0.15) is 15.5 Å². The molecular formula is C24H26F3N3O6S2. The molecule has 206 valence electrons. The summed E-state index contributed by atoms with van der Waals surface area (Å²) < 4.78 is 83.1. The highest BCUT2D eigenvalue weighted by Gasteiger charge is 2.38. The first-order valence-electron chi connectivity index (χ1n) is 11.9. The van der Waals surface area contributed by atoms with Gasteiger partial charge in [0, 0.05) is 23.3 Å². The van der Waals surface area contributed by atoms with Gasteiger partial charge in [-0.25, -0.2) is 31.3 Å². The van der Waals surface area contributed by atoms with Crippen LogP contribution in [-0.4, -0.2) is 61.6 Å². The van der Waals surface area contributed by atoms with Gasteiger partial charge >= 0.3 is 12.1 Å². The number of rotatable bonds is 5. The van der Waals surface area contributed by atoms with E-state index in [1.54, 1.807) is 18.3 Å². The number of pyridine rings is 1. The number of sulfone groups is 1. The number of carboxylic acids is 1. The van der Waals surface area contributed by atoms with E-state index in [0.717, 1.165) is 22.2 Å². The first-order chi connectivity index (χ1) is 17.7. The summed E-state index contributed by atoms with van der Waals surface area (Å²) in [5.41, 5.74) is 4.01. The van der Waals surface area contributed by atoms with Crippen molar-refractivity contribution in [1.82, 2.24) is 14.7 Å². The molecule has 2 aliphatic rings. The fourth-order valence-corrected chi connectivity index (χ4v) is 7.14. The summed E-state index contributed by atoms with van der Waals surface area (Å²) in [4.78, 5) is 17.0. The van der Waals surface area contributed by atoms with Gasteiger partial charge in [0.15, 0.2) is 0 Å². The number of nitrogens with zero attached hydrogens (tertiary/aromatic N) is 1. The minimum Gasteiger partial charge on any atom is -0.475 e. The van der Waals surface area contributed by atoms with Crippen molar-refractivity contribution in [3.05, 3.63) is 48.3 Å². The lowest BCUT2D eigenvalue weighted by Crippen LogP contribution is -2.40. The Balaban J connectivity index is 0.000000426. The van der Waals surface area contributed by atoms with Gasteiger partial charge in [0.25, 0.3) is 0 Å². The number of H-pyrrole nitrogens is 1. The van der Waals surface area contributed by atoms with Gasteiger partial charge in [-0.15, -0.1) is 0 Å². The largest absolute Gasteiger partial charge is 0.490 e. The number of fused-ring (bicyclic) bond motifs is 1. The van der Waals surface area contributed by atoms with Gasteiger partial charge in [0.05, 0.1) is 16.4 Å². The molecule has 0 unspecified atom stereocenters. The number of alkyl halides is 3. The van der Waals surface area contributed by atoms with E-state index in [1.807, 2.05) is 18.2 Å². The number of carbonyl (C=O) groups is 1. The van der Waals surface area contributed by atoms with Crippen LogP contribution in [0.25, 0.3) is 22.2 Å². The van der Waals surface area contributed by atoms with Crippen molar-refractivity contribution >= 4 is 36.9 Å². The second kappa shape index (κ2) is 10.7. The molecule has 1 aliphatic heterocycles. The third kappa shape index (κ3) is 6.53. The molecule has 14 heteroatoms. The highest BCUT2D eigenvalue weighted by atomic mass is 32.2. The van der Waals surface area contributed by atoms with Crippen molar-refractivity contribution in [2.75, 3.05) is 11.5 Å². The average molecular weight is 574 g/mol. The van der Waals surface area contributed by atoms with Gasteiger partial charge in [0.2, 0.25) is 10.0 Å². The summed E-state index contributed by atoms with van der Waals surface area (Å²) in [6, 6.07) is 10.6. The average Bonchev–Trinajstić information content (AvgIpc) is 3.22. The fraction of sp³-hybridized carbons (Fsp3) is 0.417. The minimum absolute atomic E-state index is 0.0245. The Labute approximate surface area is 217 Å². The number of halogens is 3. The highest BCUT2D eigenvalue weighted by molar-refractivity contribution is 7.91. The molecule has 3 aromatic rings. The zero-order chi connectivity index (χ0) is 27.7. The van der Waals surface area contributed by atoms with Crippen molar-refractivity contribution in [2.45, 2.75) is 55.1 Å². The monoisotopic (exact) mass is 573 g/mol. The van der Waals surface area contributed by atoms with E-state index >= 15 is 0 Å². The predicted molar refractivity (Wildman–Crippen MR) is 134 cm³/mol. The number of hydrogen-bond acceptors (Lipinski definition) is 6. The maximum Gasteiger partial charge on any atom is 0.490 e. The van der Waals surface area contributed by atoms with Crippen LogP contribution in [0.5, 0.6) is 0 Å². The van der Waals surface area contributed by atoms with E-state index in [9.17, 15) is 30.0 Å². The van der Waals surface area contributed by atoms with Gasteiger partial charge in [-0.2, -0.15) is 13.2 Å². The summed E-state index contributed by atoms with van der Waals surface area (Å²) in [5, 5.41) is 8.17. The predicted octanol–water partition coefficient (Wildman–Crippen LogP) is 3.99. The van der Waals surface area contributed by atoms with E-state index in [4.69, 9.17) is 9.90 Å². The molecule has 38 heavy (non-hydrogen) atoms. The summed E-state index contributed by atoms with van der Waals surface area (Å²) in [5.74, 6) is -2.13. The second-order valence-electron chi connectivity index (χ2n) is 9.35. The number of aromatic nitrogens is 2. The fourth-order valence-electron chi connectivity index (χ4n) is 4.35. The standard InChI is InChI=1S/C22H25N3O4S2.C2HF3O2/c26-30(27)12-9-17(10-13-30)25-31(28,29)18-6-4-15(5-7-18)19-8-11-23-22-20(19)14-21(24-22)16-2-1-3-16;3-2(4,5)1(6)7/h4-8,11,14,16-17,25H,1-3,9-10,12-13H2,(H,23,24);(H,6,7). The van der Waals surface area contributed by atoms with Crippen molar-refractivity contribution in [3.63, 3.8) is 0 Å². The smallest absolute Gasteiger partial charge is 0.475 e. The van der Waals surface area contributed by atoms with E-state index in [1.165, 1.54) is 25.0 Å². The molecule has 0 atom stereocenters. The number of hydrogen-bond donors (Lipinski definition) is 3. The molecule has 0 spiro atoms. The van der Waals surface area contributed by atoms with Crippen LogP contribution >= 0.6 is 0 Å². The van der Waals surface area contributed by atoms with Crippen LogP contribution < -0.4 is 4.72 Å². The highest BCUT2D eigenvalue weighted by Crippen LogP contribution is 2.38. The third-order valence-corrected chi connectivity index (χ3v) is 9.94. The topological polar surface area (TPSA) is 146 Å². The molecule has 0 radical (unpaired) electrons. The quantitative estimate of drug-likeness (QED) is 0.418. The van der Waals surface area contributed by atoms with E-state index in [0.29, 0.717) is 18.8 Å². The van der Waals surface area contributed by atoms with E-state index in [-0.39, 0.29) is 22.4 Å². The Kier molecular flexibility index (Phi) is 7.86. The number of benzene rings is 1. The number of sulfonamides is 1. The van der Waals surface area contributed by atoms with E-state index in [2.05, 4.69) is 20.8 Å². The number of aliphatic carboxylic acids is 1. The molecule has 3 N–H and O–H groups in total. The Morgan fingerprint density at radius 3 is 2.18 bits per heavy atom. The SMILES string of the molecule is O=C(O)C(F)(F)F.O=S1(=O)CCC(NS(=O)(=O)c2ccc(-c3ccnc4[nH]c(C5CCC5)cc34)cc2)CC1. The molecule has 3 heterocycles. The van der Waals surface area contributed by atoms with Crippen LogP contribution in [0.4, 0.5) is 13.2 Å². The Hall–Kier alpha value is -2.97. The minimum atomic E-state index is -5.08. The van der Waals surface area contributed by atoms with Gasteiger partial charge < -0.3 is 10.1 Å². The molecule has 2 fully saturated rings. The third-order valence-electron chi connectivity index (χ3n) is 6.69. The first kappa shape index (κ1) is 28.0. The Morgan fingerprint density at radius 1 is 1.05 bits per heavy atom. The molecule has 1 aliphatic carbocycles. The zero-order valence-electron chi connectivity index (χ0n) is 20.0. The van der Waals surface area contributed by atoms with Crippen LogP contribution in [0.1, 0.15) is 43.7 Å². The van der Waals surface area contributed by atoms with Gasteiger partial charge in [-0.05, 0) is 67.0 Å². The molecule has 1 aromatic carbocycles. The lowest BCUT2D eigenvalue weighted by atomic mass is 9.83. The van der Waals surface area contributed by atoms with Crippen molar-refractivity contribution in [2.24, 2.45) is 0 Å². The maximum absolute atomic E-state index is 12.8. The van der Waals surface area contributed by atoms with Crippen LogP contribution in [-0.2, 0) is 24.7 Å². The molecule has 1 saturated heterocycles. The summed E-state index contributed by atoms with van der Waals surface area (Å²) in [7, 11) is -6.74. The number of nitrogens with one attached hydrogen (secondary N) is 2. The van der Waals surface area contributed by atoms with Gasteiger partial charge in [-0.1, -0.05) is 18.6 Å². The summed E-state index contributed by atoms with van der Waals surface area (Å²) in [6.45, 7) is 0. The molecule has 9 nitrogen and oxygen atoms in total. The summed E-state index contributed by atoms with van der Waals surface area (Å²) >= 11 is 0.